The summed E-state index contributed by atoms with van der Waals surface area (Å²) in [6, 6.07) is 4.15. The van der Waals surface area contributed by atoms with Crippen LogP contribution in [0.15, 0.2) is 18.3 Å². The predicted molar refractivity (Wildman–Crippen MR) is 74.5 cm³/mol. The Bertz CT molecular complexity index is 613. The van der Waals surface area contributed by atoms with Gasteiger partial charge in [-0.1, -0.05) is 6.07 Å². The van der Waals surface area contributed by atoms with Crippen molar-refractivity contribution in [3.63, 3.8) is 0 Å². The molecule has 1 heterocycles. The van der Waals surface area contributed by atoms with Crippen LogP contribution < -0.4 is 0 Å². The van der Waals surface area contributed by atoms with Crippen molar-refractivity contribution in [3.8, 4) is 0 Å². The van der Waals surface area contributed by atoms with Gasteiger partial charge in [-0.3, -0.25) is 4.79 Å². The molecular weight excluding hydrogens is 242 g/mol. The van der Waals surface area contributed by atoms with E-state index in [2.05, 4.69) is 12.1 Å². The average molecular weight is 261 g/mol. The molecule has 1 aromatic heterocycles. The van der Waals surface area contributed by atoms with Gasteiger partial charge in [0.2, 0.25) is 0 Å². The second-order valence-electron chi connectivity index (χ2n) is 4.97. The molecule has 0 aliphatic rings. The molecule has 0 radical (unpaired) electrons. The number of carboxylic acids is 1. The average Bonchev–Trinajstić information content (AvgIpc) is 2.63. The van der Waals surface area contributed by atoms with E-state index in [1.54, 1.807) is 0 Å². The standard InChI is InChI=1S/C15H19NO3/c1-10-6-11(2)15-12(8-14(18)19)9-16(4-3-5-17)13(15)7-10/h6-7,9,17H,3-5,8H2,1-2H3,(H,18,19). The highest BCUT2D eigenvalue weighted by molar-refractivity contribution is 5.90. The number of aliphatic hydroxyl groups is 1. The lowest BCUT2D eigenvalue weighted by atomic mass is 10.0. The molecule has 0 aliphatic carbocycles. The zero-order valence-corrected chi connectivity index (χ0v) is 11.3. The molecular formula is C15H19NO3. The largest absolute Gasteiger partial charge is 0.481 e. The molecule has 0 atom stereocenters. The summed E-state index contributed by atoms with van der Waals surface area (Å²) < 4.78 is 2.05. The molecule has 0 fully saturated rings. The lowest BCUT2D eigenvalue weighted by Crippen LogP contribution is -2.00. The van der Waals surface area contributed by atoms with Gasteiger partial charge in [-0.15, -0.1) is 0 Å². The number of rotatable bonds is 5. The van der Waals surface area contributed by atoms with Crippen molar-refractivity contribution in [1.29, 1.82) is 0 Å². The van der Waals surface area contributed by atoms with Gasteiger partial charge in [0.15, 0.2) is 0 Å². The first-order valence-corrected chi connectivity index (χ1v) is 6.44. The first kappa shape index (κ1) is 13.6. The normalized spacial score (nSPS) is 11.1. The fourth-order valence-corrected chi connectivity index (χ4v) is 2.63. The number of aliphatic hydroxyl groups excluding tert-OH is 1. The van der Waals surface area contributed by atoms with E-state index in [9.17, 15) is 4.79 Å². The highest BCUT2D eigenvalue weighted by Crippen LogP contribution is 2.27. The fraction of sp³-hybridized carbons (Fsp3) is 0.400. The maximum Gasteiger partial charge on any atom is 0.307 e. The lowest BCUT2D eigenvalue weighted by Gasteiger charge is -2.06. The maximum atomic E-state index is 11.0. The Hall–Kier alpha value is -1.81. The number of hydrogen-bond donors (Lipinski definition) is 2. The van der Waals surface area contributed by atoms with E-state index < -0.39 is 5.97 Å². The van der Waals surface area contributed by atoms with Gasteiger partial charge in [0.1, 0.15) is 0 Å². The Balaban J connectivity index is 2.59. The molecule has 0 saturated heterocycles. The Labute approximate surface area is 112 Å². The molecule has 0 unspecified atom stereocenters. The molecule has 102 valence electrons. The van der Waals surface area contributed by atoms with E-state index in [0.717, 1.165) is 27.6 Å². The lowest BCUT2D eigenvalue weighted by molar-refractivity contribution is -0.136. The third-order valence-electron chi connectivity index (χ3n) is 3.30. The van der Waals surface area contributed by atoms with Crippen molar-refractivity contribution < 1.29 is 15.0 Å². The minimum Gasteiger partial charge on any atom is -0.481 e. The van der Waals surface area contributed by atoms with Crippen LogP contribution in [0.4, 0.5) is 0 Å². The first-order valence-electron chi connectivity index (χ1n) is 6.44. The summed E-state index contributed by atoms with van der Waals surface area (Å²) in [6.07, 6.45) is 2.61. The van der Waals surface area contributed by atoms with Gasteiger partial charge in [-0.2, -0.15) is 0 Å². The topological polar surface area (TPSA) is 62.5 Å². The molecule has 0 aliphatic heterocycles. The third kappa shape index (κ3) is 2.79. The molecule has 1 aromatic carbocycles. The van der Waals surface area contributed by atoms with Crippen molar-refractivity contribution in [2.45, 2.75) is 33.2 Å². The van der Waals surface area contributed by atoms with Crippen LogP contribution >= 0.6 is 0 Å². The Morgan fingerprint density at radius 2 is 2.05 bits per heavy atom. The van der Waals surface area contributed by atoms with E-state index in [1.807, 2.05) is 24.6 Å². The summed E-state index contributed by atoms with van der Waals surface area (Å²) in [5, 5.41) is 19.0. The summed E-state index contributed by atoms with van der Waals surface area (Å²) in [7, 11) is 0. The van der Waals surface area contributed by atoms with Crippen molar-refractivity contribution in [2.75, 3.05) is 6.61 Å². The Morgan fingerprint density at radius 1 is 1.32 bits per heavy atom. The highest BCUT2D eigenvalue weighted by atomic mass is 16.4. The van der Waals surface area contributed by atoms with Crippen LogP contribution in [0.25, 0.3) is 10.9 Å². The second-order valence-corrected chi connectivity index (χ2v) is 4.97. The van der Waals surface area contributed by atoms with Crippen molar-refractivity contribution in [2.24, 2.45) is 0 Å². The van der Waals surface area contributed by atoms with Crippen molar-refractivity contribution in [3.05, 3.63) is 35.0 Å². The molecule has 2 aromatic rings. The maximum absolute atomic E-state index is 11.0. The van der Waals surface area contributed by atoms with Crippen LogP contribution in [-0.2, 0) is 17.8 Å². The molecule has 0 saturated carbocycles. The van der Waals surface area contributed by atoms with E-state index in [1.165, 1.54) is 0 Å². The molecule has 0 amide bonds. The summed E-state index contributed by atoms with van der Waals surface area (Å²) in [4.78, 5) is 11.0. The Kier molecular flexibility index (Phi) is 3.90. The molecule has 4 heteroatoms. The first-order chi connectivity index (χ1) is 9.02. The van der Waals surface area contributed by atoms with Gasteiger partial charge < -0.3 is 14.8 Å². The van der Waals surface area contributed by atoms with Crippen molar-refractivity contribution in [1.82, 2.24) is 4.57 Å². The Morgan fingerprint density at radius 3 is 2.68 bits per heavy atom. The predicted octanol–water partition coefficient (Wildman–Crippen LogP) is 2.27. The number of fused-ring (bicyclic) bond motifs is 1. The number of aromatic nitrogens is 1. The number of carboxylic acid groups (broad SMARTS) is 1. The monoisotopic (exact) mass is 261 g/mol. The number of carbonyl (C=O) groups is 1. The van der Waals surface area contributed by atoms with Crippen LogP contribution in [0.5, 0.6) is 0 Å². The summed E-state index contributed by atoms with van der Waals surface area (Å²) in [5.41, 5.74) is 4.17. The van der Waals surface area contributed by atoms with E-state index in [0.29, 0.717) is 13.0 Å². The number of aryl methyl sites for hydroxylation is 3. The molecule has 0 spiro atoms. The number of hydrogen-bond acceptors (Lipinski definition) is 2. The van der Waals surface area contributed by atoms with Crippen molar-refractivity contribution >= 4 is 16.9 Å². The third-order valence-corrected chi connectivity index (χ3v) is 3.30. The van der Waals surface area contributed by atoms with Gasteiger partial charge in [0.05, 0.1) is 6.42 Å². The zero-order valence-electron chi connectivity index (χ0n) is 11.3. The van der Waals surface area contributed by atoms with Gasteiger partial charge >= 0.3 is 5.97 Å². The summed E-state index contributed by atoms with van der Waals surface area (Å²) in [6.45, 7) is 4.89. The quantitative estimate of drug-likeness (QED) is 0.868. The summed E-state index contributed by atoms with van der Waals surface area (Å²) in [5.74, 6) is -0.818. The molecule has 4 nitrogen and oxygen atoms in total. The number of nitrogens with zero attached hydrogens (tertiary/aromatic N) is 1. The van der Waals surface area contributed by atoms with Crippen LogP contribution in [0.3, 0.4) is 0 Å². The molecule has 2 N–H and O–H groups in total. The van der Waals surface area contributed by atoms with Gasteiger partial charge in [0, 0.05) is 30.3 Å². The van der Waals surface area contributed by atoms with Gasteiger partial charge in [0.25, 0.3) is 0 Å². The van der Waals surface area contributed by atoms with Gasteiger partial charge in [-0.25, -0.2) is 0 Å². The van der Waals surface area contributed by atoms with E-state index in [-0.39, 0.29) is 13.0 Å². The van der Waals surface area contributed by atoms with E-state index in [4.69, 9.17) is 10.2 Å². The second kappa shape index (κ2) is 5.45. The van der Waals surface area contributed by atoms with Crippen LogP contribution in [0.1, 0.15) is 23.1 Å². The number of aliphatic carboxylic acids is 1. The molecule has 0 bridgehead atoms. The summed E-state index contributed by atoms with van der Waals surface area (Å²) >= 11 is 0. The van der Waals surface area contributed by atoms with Crippen LogP contribution in [0.2, 0.25) is 0 Å². The van der Waals surface area contributed by atoms with E-state index >= 15 is 0 Å². The minimum atomic E-state index is -0.818. The number of benzene rings is 1. The minimum absolute atomic E-state index is 0.0343. The van der Waals surface area contributed by atoms with Crippen LogP contribution in [-0.4, -0.2) is 27.4 Å². The highest BCUT2D eigenvalue weighted by Gasteiger charge is 2.13. The fourth-order valence-electron chi connectivity index (χ4n) is 2.63. The SMILES string of the molecule is Cc1cc(C)c2c(CC(=O)O)cn(CCCO)c2c1. The smallest absolute Gasteiger partial charge is 0.307 e. The zero-order chi connectivity index (χ0) is 14.0. The molecule has 2 rings (SSSR count). The molecule has 19 heavy (non-hydrogen) atoms. The van der Waals surface area contributed by atoms with Crippen LogP contribution in [0, 0.1) is 13.8 Å². The van der Waals surface area contributed by atoms with Gasteiger partial charge in [-0.05, 0) is 43.0 Å².